The molecule has 0 aliphatic carbocycles. The maximum Gasteiger partial charge on any atom is 0.220 e. The Balaban J connectivity index is 1.95. The van der Waals surface area contributed by atoms with Gasteiger partial charge in [0, 0.05) is 17.8 Å². The summed E-state index contributed by atoms with van der Waals surface area (Å²) < 4.78 is 4.48. The quantitative estimate of drug-likeness (QED) is 0.425. The molecule has 122 valence electrons. The smallest absolute Gasteiger partial charge is 0.220 e. The van der Waals surface area contributed by atoms with Gasteiger partial charge in [-0.3, -0.25) is 14.0 Å². The maximum absolute atomic E-state index is 4.94. The molecule has 3 heterocycles. The predicted octanol–water partition coefficient (Wildman–Crippen LogP) is 4.98. The Morgan fingerprint density at radius 1 is 0.692 bits per heavy atom. The van der Waals surface area contributed by atoms with E-state index >= 15 is 0 Å². The second kappa shape index (κ2) is 4.92. The van der Waals surface area contributed by atoms with Crippen LogP contribution in [0.2, 0.25) is 0 Å². The van der Waals surface area contributed by atoms with Gasteiger partial charge >= 0.3 is 0 Å². The highest BCUT2D eigenvalue weighted by Gasteiger charge is 2.18. The van der Waals surface area contributed by atoms with Crippen LogP contribution in [0.4, 0.5) is 0 Å². The molecular weight excluding hydrogens is 320 g/mol. The Morgan fingerprint density at radius 3 is 2.42 bits per heavy atom. The summed E-state index contributed by atoms with van der Waals surface area (Å²) in [5.41, 5.74) is 5.51. The molecule has 3 aromatic carbocycles. The Morgan fingerprint density at radius 2 is 1.50 bits per heavy atom. The molecule has 0 atom stereocenters. The molecule has 0 spiro atoms. The molecule has 0 fully saturated rings. The highest BCUT2D eigenvalue weighted by atomic mass is 15.2. The topological polar surface area (TPSA) is 35.1 Å². The third-order valence-electron chi connectivity index (χ3n) is 5.01. The van der Waals surface area contributed by atoms with Gasteiger partial charge in [-0.2, -0.15) is 0 Å². The number of para-hydroxylation sites is 2. The zero-order chi connectivity index (χ0) is 17.1. The predicted molar refractivity (Wildman–Crippen MR) is 105 cm³/mol. The molecule has 0 amide bonds. The van der Waals surface area contributed by atoms with Crippen molar-refractivity contribution in [1.29, 1.82) is 0 Å². The van der Waals surface area contributed by atoms with Crippen molar-refractivity contribution < 1.29 is 0 Å². The van der Waals surface area contributed by atoms with Crippen molar-refractivity contribution in [2.24, 2.45) is 0 Å². The van der Waals surface area contributed by atoms with E-state index in [4.69, 9.17) is 4.98 Å². The number of rotatable bonds is 1. The fourth-order valence-electron chi connectivity index (χ4n) is 3.90. The first-order valence-corrected chi connectivity index (χ1v) is 8.61. The Labute approximate surface area is 149 Å². The SMILES string of the molecule is c1ccc2c(c1)ccc1c2n2c3ccccc3nc2n1-c1ccncc1. The van der Waals surface area contributed by atoms with Crippen LogP contribution >= 0.6 is 0 Å². The lowest BCUT2D eigenvalue weighted by Gasteiger charge is -2.05. The molecule has 4 nitrogen and oxygen atoms in total. The van der Waals surface area contributed by atoms with Crippen molar-refractivity contribution in [3.05, 3.63) is 85.2 Å². The zero-order valence-electron chi connectivity index (χ0n) is 13.9. The molecule has 0 unspecified atom stereocenters. The fourth-order valence-corrected chi connectivity index (χ4v) is 3.90. The lowest BCUT2D eigenvalue weighted by Crippen LogP contribution is -1.94. The van der Waals surface area contributed by atoms with E-state index in [2.05, 4.69) is 68.5 Å². The van der Waals surface area contributed by atoms with Crippen molar-refractivity contribution in [2.45, 2.75) is 0 Å². The van der Waals surface area contributed by atoms with Crippen molar-refractivity contribution in [2.75, 3.05) is 0 Å². The first kappa shape index (κ1) is 13.6. The van der Waals surface area contributed by atoms with E-state index in [1.165, 1.54) is 16.3 Å². The van der Waals surface area contributed by atoms with Gasteiger partial charge in [0.15, 0.2) is 0 Å². The molecule has 0 saturated carbocycles. The van der Waals surface area contributed by atoms with Gasteiger partial charge in [0.05, 0.1) is 27.8 Å². The van der Waals surface area contributed by atoms with E-state index < -0.39 is 0 Å². The first-order chi connectivity index (χ1) is 12.9. The number of hydrogen-bond acceptors (Lipinski definition) is 2. The molecule has 6 rings (SSSR count). The number of aromatic nitrogens is 4. The molecule has 0 aliphatic rings. The molecule has 0 aliphatic heterocycles. The summed E-state index contributed by atoms with van der Waals surface area (Å²) in [7, 11) is 0. The van der Waals surface area contributed by atoms with E-state index in [1.54, 1.807) is 0 Å². The van der Waals surface area contributed by atoms with Crippen molar-refractivity contribution >= 4 is 38.6 Å². The molecule has 6 aromatic rings. The summed E-state index contributed by atoms with van der Waals surface area (Å²) in [6.07, 6.45) is 3.64. The lowest BCUT2D eigenvalue weighted by molar-refractivity contribution is 1.10. The number of imidazole rings is 2. The number of nitrogens with zero attached hydrogens (tertiary/aromatic N) is 4. The van der Waals surface area contributed by atoms with Crippen molar-refractivity contribution in [1.82, 2.24) is 18.9 Å². The summed E-state index contributed by atoms with van der Waals surface area (Å²) in [4.78, 5) is 9.11. The number of fused-ring (bicyclic) bond motifs is 7. The minimum Gasteiger partial charge on any atom is -0.278 e. The Kier molecular flexibility index (Phi) is 2.58. The van der Waals surface area contributed by atoms with Gasteiger partial charge in [0.1, 0.15) is 0 Å². The van der Waals surface area contributed by atoms with Crippen LogP contribution in [0.1, 0.15) is 0 Å². The summed E-state index contributed by atoms with van der Waals surface area (Å²) in [6, 6.07) is 25.2. The van der Waals surface area contributed by atoms with Gasteiger partial charge in [0.2, 0.25) is 5.78 Å². The molecule has 4 heteroatoms. The summed E-state index contributed by atoms with van der Waals surface area (Å²) in [6.45, 7) is 0. The van der Waals surface area contributed by atoms with E-state index in [-0.39, 0.29) is 0 Å². The van der Waals surface area contributed by atoms with Gasteiger partial charge < -0.3 is 0 Å². The number of benzene rings is 3. The molecular formula is C22H14N4. The Hall–Kier alpha value is -3.66. The van der Waals surface area contributed by atoms with Gasteiger partial charge in [-0.25, -0.2) is 4.98 Å². The highest BCUT2D eigenvalue weighted by molar-refractivity contribution is 6.08. The van der Waals surface area contributed by atoms with Gasteiger partial charge in [-0.05, 0) is 35.7 Å². The lowest BCUT2D eigenvalue weighted by atomic mass is 10.1. The fraction of sp³-hybridized carbons (Fsp3) is 0. The molecule has 0 radical (unpaired) electrons. The summed E-state index contributed by atoms with van der Waals surface area (Å²) >= 11 is 0. The van der Waals surface area contributed by atoms with Crippen LogP contribution in [-0.2, 0) is 0 Å². The number of hydrogen-bond donors (Lipinski definition) is 0. The minimum absolute atomic E-state index is 0.920. The van der Waals surface area contributed by atoms with E-state index in [9.17, 15) is 0 Å². The zero-order valence-corrected chi connectivity index (χ0v) is 13.9. The number of pyridine rings is 1. The van der Waals surface area contributed by atoms with E-state index in [0.29, 0.717) is 0 Å². The average molecular weight is 334 g/mol. The van der Waals surface area contributed by atoms with Crippen LogP contribution in [0.15, 0.2) is 85.2 Å². The molecule has 3 aromatic heterocycles. The van der Waals surface area contributed by atoms with E-state index in [1.807, 2.05) is 30.6 Å². The Bertz CT molecular complexity index is 1420. The monoisotopic (exact) mass is 334 g/mol. The molecule has 0 saturated heterocycles. The van der Waals surface area contributed by atoms with Crippen LogP contribution in [-0.4, -0.2) is 18.9 Å². The molecule has 26 heavy (non-hydrogen) atoms. The average Bonchev–Trinajstić information content (AvgIpc) is 3.22. The van der Waals surface area contributed by atoms with Crippen LogP contribution in [0.3, 0.4) is 0 Å². The summed E-state index contributed by atoms with van der Waals surface area (Å²) in [5.74, 6) is 0.920. The molecule has 0 N–H and O–H groups in total. The van der Waals surface area contributed by atoms with Crippen LogP contribution in [0, 0.1) is 0 Å². The van der Waals surface area contributed by atoms with Crippen molar-refractivity contribution in [3.8, 4) is 5.69 Å². The largest absolute Gasteiger partial charge is 0.278 e. The second-order valence-corrected chi connectivity index (χ2v) is 6.43. The first-order valence-electron chi connectivity index (χ1n) is 8.61. The van der Waals surface area contributed by atoms with Crippen LogP contribution < -0.4 is 0 Å². The second-order valence-electron chi connectivity index (χ2n) is 6.43. The standard InChI is InChI=1S/C22H14N4/c1-2-6-17-15(5-1)9-10-20-21(17)26-19-8-4-3-7-18(19)24-22(26)25(20)16-11-13-23-14-12-16/h1-14H. The third-order valence-corrected chi connectivity index (χ3v) is 5.01. The van der Waals surface area contributed by atoms with Crippen LogP contribution in [0.5, 0.6) is 0 Å². The van der Waals surface area contributed by atoms with Gasteiger partial charge in [0.25, 0.3) is 0 Å². The van der Waals surface area contributed by atoms with Crippen LogP contribution in [0.25, 0.3) is 44.3 Å². The van der Waals surface area contributed by atoms with Gasteiger partial charge in [-0.1, -0.05) is 42.5 Å². The van der Waals surface area contributed by atoms with Crippen molar-refractivity contribution in [3.63, 3.8) is 0 Å². The third kappa shape index (κ3) is 1.68. The minimum atomic E-state index is 0.920. The van der Waals surface area contributed by atoms with Gasteiger partial charge in [-0.15, -0.1) is 0 Å². The summed E-state index contributed by atoms with van der Waals surface area (Å²) in [5, 5.41) is 2.46. The molecule has 0 bridgehead atoms. The van der Waals surface area contributed by atoms with E-state index in [0.717, 1.165) is 28.0 Å². The maximum atomic E-state index is 4.94. The normalized spacial score (nSPS) is 11.8. The highest BCUT2D eigenvalue weighted by Crippen LogP contribution is 2.33.